The summed E-state index contributed by atoms with van der Waals surface area (Å²) in [7, 11) is 0. The molecule has 92 valence electrons. The second-order valence-electron chi connectivity index (χ2n) is 4.50. The Kier molecular flexibility index (Phi) is 5.02. The Morgan fingerprint density at radius 1 is 1.35 bits per heavy atom. The van der Waals surface area contributed by atoms with Crippen LogP contribution in [0.15, 0.2) is 30.1 Å². The van der Waals surface area contributed by atoms with Gasteiger partial charge in [0.2, 0.25) is 0 Å². The number of halogens is 1. The van der Waals surface area contributed by atoms with Gasteiger partial charge in [-0.05, 0) is 50.3 Å². The normalized spacial score (nSPS) is 15.7. The molecule has 0 saturated heterocycles. The predicted octanol–water partition coefficient (Wildman–Crippen LogP) is 3.72. The molecule has 1 aliphatic rings. The van der Waals surface area contributed by atoms with E-state index in [1.165, 1.54) is 32.1 Å². The Labute approximate surface area is 108 Å². The van der Waals surface area contributed by atoms with Crippen molar-refractivity contribution < 1.29 is 0 Å². The zero-order valence-electron chi connectivity index (χ0n) is 10.1. The first-order valence-corrected chi connectivity index (χ1v) is 6.71. The van der Waals surface area contributed by atoms with Crippen molar-refractivity contribution in [3.8, 4) is 0 Å². The van der Waals surface area contributed by atoms with Crippen LogP contribution in [0.5, 0.6) is 0 Å². The molecular weight excluding hydrogens is 232 g/mol. The second-order valence-corrected chi connectivity index (χ2v) is 4.91. The van der Waals surface area contributed by atoms with Crippen molar-refractivity contribution in [2.45, 2.75) is 38.6 Å². The number of rotatable bonds is 5. The quantitative estimate of drug-likeness (QED) is 0.637. The molecular formula is C14H19ClN2. The summed E-state index contributed by atoms with van der Waals surface area (Å²) in [5, 5.41) is 4.18. The Morgan fingerprint density at radius 3 is 3.06 bits per heavy atom. The molecule has 1 N–H and O–H groups in total. The van der Waals surface area contributed by atoms with Gasteiger partial charge >= 0.3 is 0 Å². The fraction of sp³-hybridized carbons (Fsp3) is 0.500. The summed E-state index contributed by atoms with van der Waals surface area (Å²) < 4.78 is 0. The van der Waals surface area contributed by atoms with Gasteiger partial charge in [0.15, 0.2) is 0 Å². The molecule has 2 rings (SSSR count). The molecule has 1 heterocycles. The Balaban J connectivity index is 1.69. The van der Waals surface area contributed by atoms with E-state index >= 15 is 0 Å². The molecule has 1 aromatic heterocycles. The average molecular weight is 251 g/mol. The van der Waals surface area contributed by atoms with Gasteiger partial charge in [-0.2, -0.15) is 0 Å². The summed E-state index contributed by atoms with van der Waals surface area (Å²) in [6, 6.07) is 1.97. The fourth-order valence-corrected chi connectivity index (χ4v) is 2.34. The molecule has 0 amide bonds. The van der Waals surface area contributed by atoms with E-state index < -0.39 is 0 Å². The van der Waals surface area contributed by atoms with E-state index in [4.69, 9.17) is 11.6 Å². The maximum Gasteiger partial charge on any atom is 0.0634 e. The van der Waals surface area contributed by atoms with Crippen molar-refractivity contribution in [3.63, 3.8) is 0 Å². The van der Waals surface area contributed by atoms with E-state index in [0.717, 1.165) is 23.7 Å². The van der Waals surface area contributed by atoms with Crippen molar-refractivity contribution in [3.05, 3.63) is 40.7 Å². The lowest BCUT2D eigenvalue weighted by atomic mass is 9.97. The number of aromatic nitrogens is 1. The Bertz CT molecular complexity index is 388. The third-order valence-corrected chi connectivity index (χ3v) is 3.52. The summed E-state index contributed by atoms with van der Waals surface area (Å²) >= 11 is 6.04. The molecule has 3 heteroatoms. The van der Waals surface area contributed by atoms with Gasteiger partial charge in [-0.25, -0.2) is 0 Å². The maximum atomic E-state index is 6.04. The van der Waals surface area contributed by atoms with Crippen LogP contribution in [-0.2, 0) is 6.54 Å². The minimum Gasteiger partial charge on any atom is -0.312 e. The SMILES string of the molecule is Clc1cnccc1CNCCC1=CCCCC1. The van der Waals surface area contributed by atoms with E-state index in [9.17, 15) is 0 Å². The Morgan fingerprint density at radius 2 is 2.29 bits per heavy atom. The van der Waals surface area contributed by atoms with Gasteiger partial charge in [-0.3, -0.25) is 4.98 Å². The molecule has 0 saturated carbocycles. The van der Waals surface area contributed by atoms with Crippen LogP contribution < -0.4 is 5.32 Å². The molecule has 0 fully saturated rings. The monoisotopic (exact) mass is 250 g/mol. The van der Waals surface area contributed by atoms with Gasteiger partial charge in [-0.15, -0.1) is 0 Å². The number of hydrogen-bond donors (Lipinski definition) is 1. The maximum absolute atomic E-state index is 6.04. The number of nitrogens with zero attached hydrogens (tertiary/aromatic N) is 1. The van der Waals surface area contributed by atoms with Crippen molar-refractivity contribution in [2.24, 2.45) is 0 Å². The predicted molar refractivity (Wildman–Crippen MR) is 72.1 cm³/mol. The molecule has 0 radical (unpaired) electrons. The molecule has 0 aliphatic heterocycles. The van der Waals surface area contributed by atoms with E-state index in [1.54, 1.807) is 18.0 Å². The summed E-state index contributed by atoms with van der Waals surface area (Å²) in [5.41, 5.74) is 2.74. The lowest BCUT2D eigenvalue weighted by Crippen LogP contribution is -2.16. The van der Waals surface area contributed by atoms with Crippen LogP contribution in [0.2, 0.25) is 5.02 Å². The van der Waals surface area contributed by atoms with E-state index in [2.05, 4.69) is 16.4 Å². The summed E-state index contributed by atoms with van der Waals surface area (Å²) in [6.07, 6.45) is 12.3. The third kappa shape index (κ3) is 4.14. The highest BCUT2D eigenvalue weighted by molar-refractivity contribution is 6.31. The van der Waals surface area contributed by atoms with Gasteiger partial charge in [0.1, 0.15) is 0 Å². The van der Waals surface area contributed by atoms with E-state index in [0.29, 0.717) is 0 Å². The number of allylic oxidation sites excluding steroid dienone is 1. The summed E-state index contributed by atoms with van der Waals surface area (Å²) in [6.45, 7) is 1.86. The zero-order chi connectivity index (χ0) is 11.9. The van der Waals surface area contributed by atoms with Gasteiger partial charge in [0.05, 0.1) is 5.02 Å². The highest BCUT2D eigenvalue weighted by Crippen LogP contribution is 2.19. The van der Waals surface area contributed by atoms with Crippen LogP contribution in [0.3, 0.4) is 0 Å². The van der Waals surface area contributed by atoms with Crippen LogP contribution in [0.1, 0.15) is 37.7 Å². The molecule has 17 heavy (non-hydrogen) atoms. The summed E-state index contributed by atoms with van der Waals surface area (Å²) in [4.78, 5) is 3.98. The van der Waals surface area contributed by atoms with Crippen molar-refractivity contribution in [1.29, 1.82) is 0 Å². The summed E-state index contributed by atoms with van der Waals surface area (Å²) in [5.74, 6) is 0. The Hall–Kier alpha value is -0.860. The van der Waals surface area contributed by atoms with Crippen molar-refractivity contribution in [2.75, 3.05) is 6.54 Å². The van der Waals surface area contributed by atoms with E-state index in [1.807, 2.05) is 6.07 Å². The third-order valence-electron chi connectivity index (χ3n) is 3.18. The second kappa shape index (κ2) is 6.77. The largest absolute Gasteiger partial charge is 0.312 e. The first-order chi connectivity index (χ1) is 8.36. The van der Waals surface area contributed by atoms with Crippen LogP contribution in [0, 0.1) is 0 Å². The first kappa shape index (κ1) is 12.6. The van der Waals surface area contributed by atoms with Gasteiger partial charge < -0.3 is 5.32 Å². The lowest BCUT2D eigenvalue weighted by Gasteiger charge is -2.13. The lowest BCUT2D eigenvalue weighted by molar-refractivity contribution is 0.632. The van der Waals surface area contributed by atoms with Gasteiger partial charge in [0.25, 0.3) is 0 Å². The number of pyridine rings is 1. The highest BCUT2D eigenvalue weighted by Gasteiger charge is 2.03. The van der Waals surface area contributed by atoms with E-state index in [-0.39, 0.29) is 0 Å². The average Bonchev–Trinajstić information content (AvgIpc) is 2.38. The fourth-order valence-electron chi connectivity index (χ4n) is 2.15. The van der Waals surface area contributed by atoms with Gasteiger partial charge in [0, 0.05) is 18.9 Å². The highest BCUT2D eigenvalue weighted by atomic mass is 35.5. The van der Waals surface area contributed by atoms with Crippen LogP contribution in [0.25, 0.3) is 0 Å². The van der Waals surface area contributed by atoms with Crippen LogP contribution in [-0.4, -0.2) is 11.5 Å². The molecule has 0 bridgehead atoms. The molecule has 0 atom stereocenters. The first-order valence-electron chi connectivity index (χ1n) is 6.33. The topological polar surface area (TPSA) is 24.9 Å². The number of nitrogens with one attached hydrogen (secondary N) is 1. The molecule has 1 aliphatic carbocycles. The molecule has 2 nitrogen and oxygen atoms in total. The van der Waals surface area contributed by atoms with Crippen molar-refractivity contribution in [1.82, 2.24) is 10.3 Å². The van der Waals surface area contributed by atoms with Crippen molar-refractivity contribution >= 4 is 11.6 Å². The minimum atomic E-state index is 0.747. The molecule has 1 aromatic rings. The number of hydrogen-bond acceptors (Lipinski definition) is 2. The molecule has 0 spiro atoms. The smallest absolute Gasteiger partial charge is 0.0634 e. The van der Waals surface area contributed by atoms with Gasteiger partial charge in [-0.1, -0.05) is 23.3 Å². The van der Waals surface area contributed by atoms with Crippen LogP contribution in [0.4, 0.5) is 0 Å². The molecule has 0 unspecified atom stereocenters. The minimum absolute atomic E-state index is 0.747. The standard InChI is InChI=1S/C14H19ClN2/c15-14-11-17-9-7-13(14)10-16-8-6-12-4-2-1-3-5-12/h4,7,9,11,16H,1-3,5-6,8,10H2. The molecule has 0 aromatic carbocycles. The van der Waals surface area contributed by atoms with Crippen LogP contribution >= 0.6 is 11.6 Å². The zero-order valence-corrected chi connectivity index (χ0v) is 10.8.